The maximum atomic E-state index is 11.2. The van der Waals surface area contributed by atoms with Crippen LogP contribution >= 0.6 is 0 Å². The standard InChI is InChI=1S/C11H15NO2S/c13-15(14)8-6-12(7-9-15)10-11-4-2-1-3-5-11/h1-5H,6-10H2. The third kappa shape index (κ3) is 3.04. The monoisotopic (exact) mass is 225 g/mol. The van der Waals surface area contributed by atoms with Crippen molar-refractivity contribution in [2.45, 2.75) is 6.54 Å². The lowest BCUT2D eigenvalue weighted by atomic mass is 10.2. The molecule has 1 aromatic rings. The van der Waals surface area contributed by atoms with Crippen LogP contribution < -0.4 is 0 Å². The molecule has 1 fully saturated rings. The van der Waals surface area contributed by atoms with E-state index in [0.29, 0.717) is 24.6 Å². The maximum absolute atomic E-state index is 11.2. The van der Waals surface area contributed by atoms with Gasteiger partial charge in [-0.15, -0.1) is 0 Å². The lowest BCUT2D eigenvalue weighted by molar-refractivity contribution is 0.287. The molecule has 1 heterocycles. The molecule has 1 aliphatic rings. The van der Waals surface area contributed by atoms with Gasteiger partial charge in [0.25, 0.3) is 0 Å². The van der Waals surface area contributed by atoms with Crippen LogP contribution in [0.3, 0.4) is 0 Å². The van der Waals surface area contributed by atoms with E-state index in [4.69, 9.17) is 0 Å². The number of sulfone groups is 1. The van der Waals surface area contributed by atoms with Crippen LogP contribution in [0.1, 0.15) is 5.56 Å². The van der Waals surface area contributed by atoms with Crippen molar-refractivity contribution in [3.63, 3.8) is 0 Å². The van der Waals surface area contributed by atoms with Crippen LogP contribution in [0.5, 0.6) is 0 Å². The highest BCUT2D eigenvalue weighted by Crippen LogP contribution is 2.09. The van der Waals surface area contributed by atoms with Crippen LogP contribution in [0.15, 0.2) is 30.3 Å². The molecule has 0 bridgehead atoms. The fourth-order valence-electron chi connectivity index (χ4n) is 1.75. The molecule has 3 nitrogen and oxygen atoms in total. The SMILES string of the molecule is O=S1(=O)CCN(Cc2ccccc2)CC1. The van der Waals surface area contributed by atoms with Gasteiger partial charge in [-0.05, 0) is 5.56 Å². The first-order valence-electron chi connectivity index (χ1n) is 5.12. The van der Waals surface area contributed by atoms with Gasteiger partial charge in [-0.25, -0.2) is 8.42 Å². The molecule has 0 amide bonds. The van der Waals surface area contributed by atoms with Gasteiger partial charge >= 0.3 is 0 Å². The summed E-state index contributed by atoms with van der Waals surface area (Å²) in [4.78, 5) is 2.19. The molecule has 15 heavy (non-hydrogen) atoms. The van der Waals surface area contributed by atoms with Gasteiger partial charge in [0.1, 0.15) is 0 Å². The van der Waals surface area contributed by atoms with Gasteiger partial charge in [0.05, 0.1) is 11.5 Å². The molecule has 0 N–H and O–H groups in total. The molecule has 0 atom stereocenters. The van der Waals surface area contributed by atoms with Gasteiger partial charge in [0.15, 0.2) is 9.84 Å². The minimum absolute atomic E-state index is 0.305. The quantitative estimate of drug-likeness (QED) is 0.751. The van der Waals surface area contributed by atoms with Crippen molar-refractivity contribution in [3.8, 4) is 0 Å². The largest absolute Gasteiger partial charge is 0.297 e. The van der Waals surface area contributed by atoms with E-state index in [-0.39, 0.29) is 0 Å². The Kier molecular flexibility index (Phi) is 3.07. The topological polar surface area (TPSA) is 37.4 Å². The Hall–Kier alpha value is -0.870. The number of benzene rings is 1. The molecule has 1 aromatic carbocycles. The summed E-state index contributed by atoms with van der Waals surface area (Å²) in [6.07, 6.45) is 0. The van der Waals surface area contributed by atoms with Crippen molar-refractivity contribution in [3.05, 3.63) is 35.9 Å². The second-order valence-electron chi connectivity index (χ2n) is 3.91. The van der Waals surface area contributed by atoms with E-state index >= 15 is 0 Å². The van der Waals surface area contributed by atoms with Crippen LogP contribution in [-0.2, 0) is 16.4 Å². The summed E-state index contributed by atoms with van der Waals surface area (Å²) in [5.41, 5.74) is 1.25. The molecule has 1 aliphatic heterocycles. The molecule has 2 rings (SSSR count). The first-order valence-corrected chi connectivity index (χ1v) is 6.94. The Balaban J connectivity index is 1.93. The molecule has 0 unspecified atom stereocenters. The Morgan fingerprint density at radius 2 is 1.67 bits per heavy atom. The number of nitrogens with zero attached hydrogens (tertiary/aromatic N) is 1. The maximum Gasteiger partial charge on any atom is 0.152 e. The summed E-state index contributed by atoms with van der Waals surface area (Å²) in [7, 11) is -2.75. The molecule has 0 spiro atoms. The predicted molar refractivity (Wildman–Crippen MR) is 60.4 cm³/mol. The average molecular weight is 225 g/mol. The second-order valence-corrected chi connectivity index (χ2v) is 6.22. The molecular formula is C11H15NO2S. The smallest absolute Gasteiger partial charge is 0.152 e. The third-order valence-electron chi connectivity index (χ3n) is 2.69. The molecule has 0 radical (unpaired) electrons. The predicted octanol–water partition coefficient (Wildman–Crippen LogP) is 0.917. The Bertz CT molecular complexity index is 399. The van der Waals surface area contributed by atoms with Gasteiger partial charge in [0, 0.05) is 19.6 Å². The normalized spacial score (nSPS) is 21.3. The van der Waals surface area contributed by atoms with Crippen molar-refractivity contribution >= 4 is 9.84 Å². The number of rotatable bonds is 2. The van der Waals surface area contributed by atoms with Crippen molar-refractivity contribution in [1.82, 2.24) is 4.90 Å². The molecule has 4 heteroatoms. The van der Waals surface area contributed by atoms with Crippen molar-refractivity contribution in [2.75, 3.05) is 24.6 Å². The van der Waals surface area contributed by atoms with Crippen LogP contribution in [-0.4, -0.2) is 37.9 Å². The summed E-state index contributed by atoms with van der Waals surface area (Å²) < 4.78 is 22.4. The lowest BCUT2D eigenvalue weighted by Gasteiger charge is -2.26. The summed E-state index contributed by atoms with van der Waals surface area (Å²) >= 11 is 0. The van der Waals surface area contributed by atoms with E-state index in [0.717, 1.165) is 6.54 Å². The van der Waals surface area contributed by atoms with E-state index in [1.165, 1.54) is 5.56 Å². The molecule has 0 aromatic heterocycles. The fourth-order valence-corrected chi connectivity index (χ4v) is 3.03. The van der Waals surface area contributed by atoms with E-state index in [2.05, 4.69) is 17.0 Å². The van der Waals surface area contributed by atoms with E-state index in [1.807, 2.05) is 18.2 Å². The molecular weight excluding hydrogens is 210 g/mol. The molecule has 0 aliphatic carbocycles. The van der Waals surface area contributed by atoms with Crippen LogP contribution in [0.2, 0.25) is 0 Å². The minimum Gasteiger partial charge on any atom is -0.297 e. The second kappa shape index (κ2) is 4.33. The summed E-state index contributed by atoms with van der Waals surface area (Å²) in [5, 5.41) is 0. The van der Waals surface area contributed by atoms with E-state index < -0.39 is 9.84 Å². The van der Waals surface area contributed by atoms with Gasteiger partial charge in [-0.3, -0.25) is 4.90 Å². The van der Waals surface area contributed by atoms with Crippen molar-refractivity contribution in [1.29, 1.82) is 0 Å². The van der Waals surface area contributed by atoms with E-state index in [9.17, 15) is 8.42 Å². The summed E-state index contributed by atoms with van der Waals surface area (Å²) in [5.74, 6) is 0.611. The van der Waals surface area contributed by atoms with Gasteiger partial charge < -0.3 is 0 Å². The Morgan fingerprint density at radius 3 is 2.27 bits per heavy atom. The zero-order valence-electron chi connectivity index (χ0n) is 8.59. The lowest BCUT2D eigenvalue weighted by Crippen LogP contribution is -2.39. The van der Waals surface area contributed by atoms with Crippen LogP contribution in [0.25, 0.3) is 0 Å². The summed E-state index contributed by atoms with van der Waals surface area (Å²) in [6, 6.07) is 10.2. The van der Waals surface area contributed by atoms with Crippen molar-refractivity contribution < 1.29 is 8.42 Å². The van der Waals surface area contributed by atoms with E-state index in [1.54, 1.807) is 0 Å². The first kappa shape index (κ1) is 10.6. The number of hydrogen-bond donors (Lipinski definition) is 0. The van der Waals surface area contributed by atoms with Crippen molar-refractivity contribution in [2.24, 2.45) is 0 Å². The van der Waals surface area contributed by atoms with Crippen LogP contribution in [0.4, 0.5) is 0 Å². The van der Waals surface area contributed by atoms with Crippen LogP contribution in [0, 0.1) is 0 Å². The van der Waals surface area contributed by atoms with Gasteiger partial charge in [-0.1, -0.05) is 30.3 Å². The summed E-state index contributed by atoms with van der Waals surface area (Å²) in [6.45, 7) is 2.19. The Morgan fingerprint density at radius 1 is 1.07 bits per heavy atom. The third-order valence-corrected chi connectivity index (χ3v) is 4.30. The molecule has 0 saturated carbocycles. The fraction of sp³-hybridized carbons (Fsp3) is 0.455. The zero-order valence-corrected chi connectivity index (χ0v) is 9.41. The zero-order chi connectivity index (χ0) is 10.7. The average Bonchev–Trinajstić information content (AvgIpc) is 2.23. The highest BCUT2D eigenvalue weighted by molar-refractivity contribution is 7.91. The minimum atomic E-state index is -2.75. The first-order chi connectivity index (χ1) is 7.16. The highest BCUT2D eigenvalue weighted by atomic mass is 32.2. The van der Waals surface area contributed by atoms with Gasteiger partial charge in [-0.2, -0.15) is 0 Å². The van der Waals surface area contributed by atoms with Gasteiger partial charge in [0.2, 0.25) is 0 Å². The number of hydrogen-bond acceptors (Lipinski definition) is 3. The molecule has 82 valence electrons. The highest BCUT2D eigenvalue weighted by Gasteiger charge is 2.21. The molecule has 1 saturated heterocycles. The Labute approximate surface area is 90.6 Å².